The molecule has 0 rings (SSSR count). The molecule has 3 amide bonds. The van der Waals surface area contributed by atoms with Gasteiger partial charge in [-0.15, -0.1) is 0 Å². The summed E-state index contributed by atoms with van der Waals surface area (Å²) in [4.78, 5) is 61.6. The molecule has 0 aromatic rings. The van der Waals surface area contributed by atoms with Gasteiger partial charge >= 0.3 is 11.9 Å². The second-order valence-electron chi connectivity index (χ2n) is 6.46. The van der Waals surface area contributed by atoms with Crippen molar-refractivity contribution < 1.29 is 33.4 Å². The van der Waals surface area contributed by atoms with Gasteiger partial charge in [-0.1, -0.05) is 20.8 Å². The zero-order valence-electron chi connectivity index (χ0n) is 17.8. The predicted octanol–water partition coefficient (Wildman–Crippen LogP) is 0.180. The molecule has 172 valence electrons. The number of hydrogen-bond acceptors (Lipinski definition) is 9. The van der Waals surface area contributed by atoms with Gasteiger partial charge < -0.3 is 20.5 Å². The van der Waals surface area contributed by atoms with Crippen LogP contribution in [0.3, 0.4) is 0 Å². The summed E-state index contributed by atoms with van der Waals surface area (Å²) < 4.78 is 9.80. The zero-order valence-corrected chi connectivity index (χ0v) is 18.7. The number of nitrogens with two attached hydrogens (primary N) is 1. The maximum absolute atomic E-state index is 12.7. The molecule has 2 unspecified atom stereocenters. The molecular formula is C19H33N3O7S. The monoisotopic (exact) mass is 447 g/mol. The van der Waals surface area contributed by atoms with E-state index in [9.17, 15) is 24.0 Å². The molecule has 0 radical (unpaired) electrons. The number of hydrogen-bond donors (Lipinski definition) is 3. The number of amides is 3. The number of carbonyl (C=O) groups excluding carboxylic acids is 5. The number of nitrogens with one attached hydrogen (secondary N) is 1. The molecule has 0 aliphatic rings. The third-order valence-corrected chi connectivity index (χ3v) is 4.27. The third kappa shape index (κ3) is 10.1. The number of nitrogens with zero attached hydrogens (tertiary/aromatic N) is 1. The standard InChI is InChI=1S/C19H33N3O7S/c1-4-9-28-17(25)11-21-18(26)14(12-30)22(15(23)6-3)16(24)8-7-13(20)19(27)29-10-5-2/h13-14,30H,4-12,20H2,1-3H3,(H,21,26). The predicted molar refractivity (Wildman–Crippen MR) is 113 cm³/mol. The van der Waals surface area contributed by atoms with Gasteiger partial charge in [-0.05, 0) is 19.3 Å². The molecule has 0 saturated heterocycles. The van der Waals surface area contributed by atoms with Crippen LogP contribution in [0.4, 0.5) is 0 Å². The van der Waals surface area contributed by atoms with Gasteiger partial charge in [-0.3, -0.25) is 28.9 Å². The first-order chi connectivity index (χ1) is 14.2. The number of thiol groups is 1. The average Bonchev–Trinajstić information content (AvgIpc) is 2.75. The van der Waals surface area contributed by atoms with E-state index >= 15 is 0 Å². The molecule has 2 atom stereocenters. The summed E-state index contributed by atoms with van der Waals surface area (Å²) in [5.74, 6) is -3.35. The van der Waals surface area contributed by atoms with E-state index in [1.807, 2.05) is 13.8 Å². The fourth-order valence-corrected chi connectivity index (χ4v) is 2.64. The van der Waals surface area contributed by atoms with Gasteiger partial charge in [-0.25, -0.2) is 0 Å². The van der Waals surface area contributed by atoms with Crippen molar-refractivity contribution in [3.8, 4) is 0 Å². The summed E-state index contributed by atoms with van der Waals surface area (Å²) >= 11 is 4.08. The lowest BCUT2D eigenvalue weighted by Crippen LogP contribution is -2.54. The topological polar surface area (TPSA) is 145 Å². The Labute approximate surface area is 182 Å². The van der Waals surface area contributed by atoms with Crippen molar-refractivity contribution in [1.82, 2.24) is 10.2 Å². The van der Waals surface area contributed by atoms with E-state index in [1.54, 1.807) is 6.92 Å². The molecule has 10 nitrogen and oxygen atoms in total. The van der Waals surface area contributed by atoms with Gasteiger partial charge in [0.15, 0.2) is 0 Å². The van der Waals surface area contributed by atoms with Gasteiger partial charge in [0.05, 0.1) is 13.2 Å². The zero-order chi connectivity index (χ0) is 23.1. The molecule has 0 aromatic heterocycles. The molecule has 0 aliphatic carbocycles. The first kappa shape index (κ1) is 27.9. The molecule has 11 heteroatoms. The number of esters is 2. The van der Waals surface area contributed by atoms with E-state index in [2.05, 4.69) is 17.9 Å². The van der Waals surface area contributed by atoms with Crippen molar-refractivity contribution in [1.29, 1.82) is 0 Å². The second-order valence-corrected chi connectivity index (χ2v) is 6.83. The Morgan fingerprint density at radius 1 is 1.00 bits per heavy atom. The van der Waals surface area contributed by atoms with Crippen LogP contribution in [0, 0.1) is 0 Å². The van der Waals surface area contributed by atoms with Crippen molar-refractivity contribution in [2.24, 2.45) is 5.73 Å². The molecule has 0 aromatic carbocycles. The summed E-state index contributed by atoms with van der Waals surface area (Å²) in [5.41, 5.74) is 5.73. The van der Waals surface area contributed by atoms with E-state index in [1.165, 1.54) is 0 Å². The lowest BCUT2D eigenvalue weighted by Gasteiger charge is -2.28. The number of imide groups is 1. The Morgan fingerprint density at radius 2 is 1.60 bits per heavy atom. The van der Waals surface area contributed by atoms with Gasteiger partial charge in [0.25, 0.3) is 0 Å². The molecule has 0 saturated carbocycles. The summed E-state index contributed by atoms with van der Waals surface area (Å²) in [6.07, 6.45) is 0.983. The lowest BCUT2D eigenvalue weighted by molar-refractivity contribution is -0.151. The molecular weight excluding hydrogens is 414 g/mol. The normalized spacial score (nSPS) is 12.4. The van der Waals surface area contributed by atoms with Crippen molar-refractivity contribution in [2.45, 2.75) is 65.0 Å². The highest BCUT2D eigenvalue weighted by Gasteiger charge is 2.33. The Kier molecular flexibility index (Phi) is 14.5. The molecule has 0 spiro atoms. The van der Waals surface area contributed by atoms with Crippen molar-refractivity contribution in [3.63, 3.8) is 0 Å². The smallest absolute Gasteiger partial charge is 0.325 e. The minimum absolute atomic E-state index is 0.0214. The van der Waals surface area contributed by atoms with Gasteiger partial charge in [-0.2, -0.15) is 12.6 Å². The SMILES string of the molecule is CCCOC(=O)CNC(=O)C(CS)N(C(=O)CC)C(=O)CCC(N)C(=O)OCCC. The average molecular weight is 448 g/mol. The minimum atomic E-state index is -1.21. The van der Waals surface area contributed by atoms with E-state index in [4.69, 9.17) is 15.2 Å². The maximum atomic E-state index is 12.7. The van der Waals surface area contributed by atoms with E-state index < -0.39 is 41.7 Å². The highest BCUT2D eigenvalue weighted by atomic mass is 32.1. The van der Waals surface area contributed by atoms with Crippen LogP contribution in [-0.2, 0) is 33.4 Å². The van der Waals surface area contributed by atoms with Gasteiger partial charge in [0.1, 0.15) is 18.6 Å². The molecule has 0 fully saturated rings. The second kappa shape index (κ2) is 15.7. The molecule has 0 aliphatic heterocycles. The van der Waals surface area contributed by atoms with Crippen LogP contribution < -0.4 is 11.1 Å². The lowest BCUT2D eigenvalue weighted by atomic mass is 10.1. The highest BCUT2D eigenvalue weighted by Crippen LogP contribution is 2.11. The van der Waals surface area contributed by atoms with Gasteiger partial charge in [0, 0.05) is 18.6 Å². The number of rotatable bonds is 14. The molecule has 0 heterocycles. The quantitative estimate of drug-likeness (QED) is 0.253. The molecule has 30 heavy (non-hydrogen) atoms. The fraction of sp³-hybridized carbons (Fsp3) is 0.737. The van der Waals surface area contributed by atoms with Gasteiger partial charge in [0.2, 0.25) is 17.7 Å². The Hall–Kier alpha value is -2.14. The highest BCUT2D eigenvalue weighted by molar-refractivity contribution is 7.80. The first-order valence-corrected chi connectivity index (χ1v) is 10.7. The number of ether oxygens (including phenoxy) is 2. The van der Waals surface area contributed by atoms with Crippen molar-refractivity contribution in [2.75, 3.05) is 25.5 Å². The van der Waals surface area contributed by atoms with Crippen LogP contribution >= 0.6 is 12.6 Å². The Bertz CT molecular complexity index is 601. The molecule has 0 bridgehead atoms. The van der Waals surface area contributed by atoms with Crippen LogP contribution in [0.2, 0.25) is 0 Å². The number of carbonyl (C=O) groups is 5. The summed E-state index contributed by atoms with van der Waals surface area (Å²) in [7, 11) is 0. The van der Waals surface area contributed by atoms with Crippen molar-refractivity contribution >= 4 is 42.3 Å². The van der Waals surface area contributed by atoms with E-state index in [0.717, 1.165) is 4.90 Å². The minimum Gasteiger partial charge on any atom is -0.465 e. The fourth-order valence-electron chi connectivity index (χ4n) is 2.31. The van der Waals surface area contributed by atoms with Crippen LogP contribution in [0.1, 0.15) is 52.9 Å². The van der Waals surface area contributed by atoms with Crippen LogP contribution in [0.5, 0.6) is 0 Å². The van der Waals surface area contributed by atoms with Crippen LogP contribution in [-0.4, -0.2) is 72.2 Å². The van der Waals surface area contributed by atoms with Crippen molar-refractivity contribution in [3.05, 3.63) is 0 Å². The third-order valence-electron chi connectivity index (χ3n) is 3.92. The first-order valence-electron chi connectivity index (χ1n) is 10.0. The van der Waals surface area contributed by atoms with Crippen LogP contribution in [0.25, 0.3) is 0 Å². The Morgan fingerprint density at radius 3 is 2.13 bits per heavy atom. The van der Waals surface area contributed by atoms with E-state index in [-0.39, 0.29) is 44.8 Å². The van der Waals surface area contributed by atoms with Crippen LogP contribution in [0.15, 0.2) is 0 Å². The summed E-state index contributed by atoms with van der Waals surface area (Å²) in [5, 5.41) is 2.36. The largest absolute Gasteiger partial charge is 0.465 e. The summed E-state index contributed by atoms with van der Waals surface area (Å²) in [6, 6.07) is -2.23. The Balaban J connectivity index is 5.05. The molecule has 3 N–H and O–H groups in total. The van der Waals surface area contributed by atoms with E-state index in [0.29, 0.717) is 12.8 Å². The summed E-state index contributed by atoms with van der Waals surface area (Å²) in [6.45, 7) is 5.28. The maximum Gasteiger partial charge on any atom is 0.325 e.